The van der Waals surface area contributed by atoms with E-state index in [9.17, 15) is 24.0 Å². The molecule has 0 aromatic carbocycles. The van der Waals surface area contributed by atoms with Crippen molar-refractivity contribution in [2.24, 2.45) is 0 Å². The maximum atomic E-state index is 12.8. The molecule has 3 rings (SSSR count). The molecule has 1 N–H and O–H groups in total. The molecule has 182 valence electrons. The molecule has 2 aliphatic heterocycles. The van der Waals surface area contributed by atoms with E-state index in [1.165, 1.54) is 31.5 Å². The minimum Gasteiger partial charge on any atom is -0.463 e. The van der Waals surface area contributed by atoms with Crippen LogP contribution in [0.1, 0.15) is 51.3 Å². The number of nitrogens with zero attached hydrogens (tertiary/aromatic N) is 2. The van der Waals surface area contributed by atoms with Crippen LogP contribution in [0, 0.1) is 0 Å². The topological polar surface area (TPSA) is 146 Å². The van der Waals surface area contributed by atoms with E-state index in [4.69, 9.17) is 18.9 Å². The van der Waals surface area contributed by atoms with Crippen molar-refractivity contribution < 1.29 is 33.3 Å². The van der Waals surface area contributed by atoms with Gasteiger partial charge in [0, 0.05) is 33.0 Å². The smallest absolute Gasteiger partial charge is 0.328 e. The summed E-state index contributed by atoms with van der Waals surface area (Å²) in [5, 5.41) is 0. The third-order valence-corrected chi connectivity index (χ3v) is 5.75. The van der Waals surface area contributed by atoms with Gasteiger partial charge in [-0.25, -0.2) is 4.79 Å². The molecule has 3 heterocycles. The van der Waals surface area contributed by atoms with Crippen LogP contribution in [0.25, 0.3) is 0 Å². The van der Waals surface area contributed by atoms with Crippen molar-refractivity contribution in [1.29, 1.82) is 0 Å². The Morgan fingerprint density at radius 2 is 1.64 bits per heavy atom. The summed E-state index contributed by atoms with van der Waals surface area (Å²) < 4.78 is 23.1. The first-order valence-electron chi connectivity index (χ1n) is 10.7. The number of nitrogens with one attached hydrogen (secondary N) is 1. The highest BCUT2D eigenvalue weighted by Gasteiger charge is 2.51. The molecular weight excluding hydrogens is 438 g/mol. The maximum Gasteiger partial charge on any atom is 0.328 e. The van der Waals surface area contributed by atoms with E-state index < -0.39 is 53.6 Å². The van der Waals surface area contributed by atoms with Crippen molar-refractivity contribution in [1.82, 2.24) is 14.5 Å². The summed E-state index contributed by atoms with van der Waals surface area (Å²) in [6.07, 6.45) is -1.61. The zero-order valence-electron chi connectivity index (χ0n) is 19.1. The quantitative estimate of drug-likeness (QED) is 0.436. The first-order chi connectivity index (χ1) is 15.6. The number of esters is 3. The molecule has 0 radical (unpaired) electrons. The van der Waals surface area contributed by atoms with E-state index >= 15 is 0 Å². The van der Waals surface area contributed by atoms with E-state index in [-0.39, 0.29) is 18.2 Å². The Bertz CT molecular complexity index is 1010. The molecule has 0 aliphatic carbocycles. The molecular formula is C21H29N3O9. The van der Waals surface area contributed by atoms with Gasteiger partial charge in [0.1, 0.15) is 18.8 Å². The lowest BCUT2D eigenvalue weighted by molar-refractivity contribution is -0.165. The lowest BCUT2D eigenvalue weighted by Crippen LogP contribution is -2.42. The van der Waals surface area contributed by atoms with Crippen LogP contribution in [0.5, 0.6) is 0 Å². The summed E-state index contributed by atoms with van der Waals surface area (Å²) >= 11 is 0. The summed E-state index contributed by atoms with van der Waals surface area (Å²) in [4.78, 5) is 64.6. The van der Waals surface area contributed by atoms with Crippen LogP contribution in [-0.2, 0) is 33.3 Å². The van der Waals surface area contributed by atoms with Crippen molar-refractivity contribution in [2.75, 3.05) is 26.7 Å². The third-order valence-electron chi connectivity index (χ3n) is 5.75. The van der Waals surface area contributed by atoms with E-state index in [2.05, 4.69) is 9.88 Å². The van der Waals surface area contributed by atoms with Gasteiger partial charge in [-0.05, 0) is 33.0 Å². The van der Waals surface area contributed by atoms with Gasteiger partial charge in [-0.15, -0.1) is 0 Å². The van der Waals surface area contributed by atoms with E-state index in [1.54, 1.807) is 0 Å². The number of likely N-dealkylation sites (tertiary alicyclic amines) is 1. The zero-order chi connectivity index (χ0) is 24.3. The van der Waals surface area contributed by atoms with Gasteiger partial charge in [-0.1, -0.05) is 0 Å². The first-order valence-corrected chi connectivity index (χ1v) is 10.7. The van der Waals surface area contributed by atoms with Crippen LogP contribution < -0.4 is 11.2 Å². The van der Waals surface area contributed by atoms with E-state index in [0.29, 0.717) is 12.8 Å². The molecule has 0 saturated carbocycles. The Morgan fingerprint density at radius 3 is 2.21 bits per heavy atom. The molecule has 0 bridgehead atoms. The molecule has 2 saturated heterocycles. The summed E-state index contributed by atoms with van der Waals surface area (Å²) in [7, 11) is 1.99. The van der Waals surface area contributed by atoms with Crippen LogP contribution >= 0.6 is 0 Å². The number of hydrogen-bond donors (Lipinski definition) is 1. The highest BCUT2D eigenvalue weighted by molar-refractivity contribution is 5.68. The average molecular weight is 467 g/mol. The number of ether oxygens (including phenoxy) is 4. The predicted octanol–water partition coefficient (Wildman–Crippen LogP) is -0.330. The van der Waals surface area contributed by atoms with Crippen LogP contribution in [0.4, 0.5) is 0 Å². The fourth-order valence-electron chi connectivity index (χ4n) is 4.21. The van der Waals surface area contributed by atoms with Crippen LogP contribution in [0.3, 0.4) is 0 Å². The second-order valence-electron chi connectivity index (χ2n) is 8.33. The highest BCUT2D eigenvalue weighted by atomic mass is 16.6. The summed E-state index contributed by atoms with van der Waals surface area (Å²) in [6.45, 7) is 4.85. The number of carbonyl (C=O) groups is 3. The Kier molecular flexibility index (Phi) is 7.69. The summed E-state index contributed by atoms with van der Waals surface area (Å²) in [5.74, 6) is -1.93. The summed E-state index contributed by atoms with van der Waals surface area (Å²) in [6, 6.07) is -0.126. The normalized spacial score (nSPS) is 26.1. The number of hydrogen-bond acceptors (Lipinski definition) is 10. The standard InChI is InChI=1S/C21H29N3O9/c1-11(25)30-10-16-18(31-12(2)26)19(32-13(3)27)17(33-16)15-9-24(21(29)22-20(15)28)14-5-7-23(4)8-6-14/h9,14,16-19H,5-8,10H2,1-4H3,(H,22,28,29)/t16-,17+,18?,19?/m1/s1. The second kappa shape index (κ2) is 10.3. The van der Waals surface area contributed by atoms with Gasteiger partial charge in [0.05, 0.1) is 5.56 Å². The van der Waals surface area contributed by atoms with Gasteiger partial charge in [0.15, 0.2) is 12.2 Å². The Balaban J connectivity index is 2.00. The molecule has 2 aliphatic rings. The van der Waals surface area contributed by atoms with E-state index in [0.717, 1.165) is 13.1 Å². The zero-order valence-corrected chi connectivity index (χ0v) is 19.1. The van der Waals surface area contributed by atoms with Crippen molar-refractivity contribution in [3.63, 3.8) is 0 Å². The van der Waals surface area contributed by atoms with Crippen molar-refractivity contribution in [3.05, 3.63) is 32.6 Å². The van der Waals surface area contributed by atoms with Gasteiger partial charge in [-0.2, -0.15) is 0 Å². The van der Waals surface area contributed by atoms with Crippen molar-refractivity contribution in [3.8, 4) is 0 Å². The van der Waals surface area contributed by atoms with Gasteiger partial charge in [-0.3, -0.25) is 28.7 Å². The van der Waals surface area contributed by atoms with Gasteiger partial charge < -0.3 is 23.8 Å². The second-order valence-corrected chi connectivity index (χ2v) is 8.33. The van der Waals surface area contributed by atoms with Crippen molar-refractivity contribution >= 4 is 17.9 Å². The Labute approximate surface area is 189 Å². The predicted molar refractivity (Wildman–Crippen MR) is 112 cm³/mol. The molecule has 0 amide bonds. The maximum absolute atomic E-state index is 12.8. The number of piperidine rings is 1. The molecule has 0 spiro atoms. The third kappa shape index (κ3) is 5.88. The van der Waals surface area contributed by atoms with Crippen LogP contribution in [-0.4, -0.2) is 77.4 Å². The molecule has 1 aromatic heterocycles. The lowest BCUT2D eigenvalue weighted by atomic mass is 10.0. The van der Waals surface area contributed by atoms with Gasteiger partial charge >= 0.3 is 23.6 Å². The van der Waals surface area contributed by atoms with Gasteiger partial charge in [0.2, 0.25) is 0 Å². The Hall–Kier alpha value is -2.99. The lowest BCUT2D eigenvalue weighted by Gasteiger charge is -2.30. The average Bonchev–Trinajstić information content (AvgIpc) is 3.03. The number of rotatable bonds is 6. The minimum atomic E-state index is -1.18. The number of aromatic nitrogens is 2. The monoisotopic (exact) mass is 467 g/mol. The van der Waals surface area contributed by atoms with E-state index in [1.807, 2.05) is 7.05 Å². The molecule has 4 atom stereocenters. The van der Waals surface area contributed by atoms with Crippen LogP contribution in [0.2, 0.25) is 0 Å². The van der Waals surface area contributed by atoms with Crippen LogP contribution in [0.15, 0.2) is 15.8 Å². The molecule has 2 unspecified atom stereocenters. The van der Waals surface area contributed by atoms with Gasteiger partial charge in [0.25, 0.3) is 5.56 Å². The minimum absolute atomic E-state index is 0.0438. The Morgan fingerprint density at radius 1 is 1.03 bits per heavy atom. The fraction of sp³-hybridized carbons (Fsp3) is 0.667. The molecule has 12 nitrogen and oxygen atoms in total. The fourth-order valence-corrected chi connectivity index (χ4v) is 4.21. The highest BCUT2D eigenvalue weighted by Crippen LogP contribution is 2.36. The molecule has 33 heavy (non-hydrogen) atoms. The summed E-state index contributed by atoms with van der Waals surface area (Å²) in [5.41, 5.74) is -1.21. The first kappa shape index (κ1) is 24.6. The number of aromatic amines is 1. The number of carbonyl (C=O) groups excluding carboxylic acids is 3. The van der Waals surface area contributed by atoms with Crippen molar-refractivity contribution in [2.45, 2.75) is 64.1 Å². The largest absolute Gasteiger partial charge is 0.463 e. The number of H-pyrrole nitrogens is 1. The SMILES string of the molecule is CC(=O)OC[C@H]1O[C@@H](c2cn(C3CCN(C)CC3)c(=O)[nH]c2=O)C(OC(C)=O)C1OC(C)=O. The molecule has 2 fully saturated rings. The molecule has 12 heteroatoms. The molecule has 1 aromatic rings.